The molecule has 136 valence electrons. The Morgan fingerprint density at radius 3 is 2.81 bits per heavy atom. The molecule has 2 aromatic rings. The number of nitrogens with one attached hydrogen (secondary N) is 2. The van der Waals surface area contributed by atoms with E-state index in [-0.39, 0.29) is 11.4 Å². The van der Waals surface area contributed by atoms with E-state index in [0.717, 1.165) is 31.9 Å². The summed E-state index contributed by atoms with van der Waals surface area (Å²) >= 11 is 0. The molecular weight excluding hydrogens is 338 g/mol. The van der Waals surface area contributed by atoms with Gasteiger partial charge in [-0.05, 0) is 44.2 Å². The highest BCUT2D eigenvalue weighted by molar-refractivity contribution is 6.03. The first kappa shape index (κ1) is 18.0. The number of allylic oxidation sites excluding steroid dienone is 1. The molecule has 0 unspecified atom stereocenters. The zero-order valence-electron chi connectivity index (χ0n) is 14.3. The van der Waals surface area contributed by atoms with Gasteiger partial charge in [-0.1, -0.05) is 11.6 Å². The van der Waals surface area contributed by atoms with Crippen LogP contribution in [0.1, 0.15) is 42.6 Å². The first-order chi connectivity index (χ1) is 12.6. The second-order valence-corrected chi connectivity index (χ2v) is 6.15. The molecule has 1 aliphatic carbocycles. The number of hydrogen-bond donors (Lipinski definition) is 2. The third-order valence-electron chi connectivity index (χ3n) is 4.22. The van der Waals surface area contributed by atoms with E-state index >= 15 is 0 Å². The molecule has 0 saturated heterocycles. The van der Waals surface area contributed by atoms with Gasteiger partial charge in [-0.3, -0.25) is 4.79 Å². The highest BCUT2D eigenvalue weighted by Crippen LogP contribution is 2.20. The van der Waals surface area contributed by atoms with Gasteiger partial charge in [0.05, 0.1) is 5.69 Å². The zero-order valence-corrected chi connectivity index (χ0v) is 14.3. The quantitative estimate of drug-likeness (QED) is 0.755. The van der Waals surface area contributed by atoms with Crippen LogP contribution in [0.2, 0.25) is 0 Å². The maximum absolute atomic E-state index is 13.6. The van der Waals surface area contributed by atoms with Gasteiger partial charge in [0.15, 0.2) is 0 Å². The Hall–Kier alpha value is -2.83. The number of carbonyl (C=O) groups is 1. The minimum atomic E-state index is -0.841. The van der Waals surface area contributed by atoms with E-state index in [1.54, 1.807) is 0 Å². The summed E-state index contributed by atoms with van der Waals surface area (Å²) in [6.45, 7) is 0.719. The summed E-state index contributed by atoms with van der Waals surface area (Å²) in [5.41, 5.74) is 1.44. The van der Waals surface area contributed by atoms with Gasteiger partial charge in [-0.15, -0.1) is 0 Å². The van der Waals surface area contributed by atoms with Crippen LogP contribution in [-0.2, 0) is 0 Å². The first-order valence-electron chi connectivity index (χ1n) is 8.62. The molecule has 0 radical (unpaired) electrons. The molecule has 3 rings (SSSR count). The smallest absolute Gasteiger partial charge is 0.274 e. The molecule has 0 aliphatic heterocycles. The molecule has 1 heterocycles. The normalized spacial score (nSPS) is 13.8. The van der Waals surface area contributed by atoms with Crippen molar-refractivity contribution in [2.45, 2.75) is 32.1 Å². The molecule has 1 aromatic carbocycles. The molecule has 0 fully saturated rings. The summed E-state index contributed by atoms with van der Waals surface area (Å²) in [6.07, 6.45) is 9.29. The molecule has 1 aliphatic rings. The second kappa shape index (κ2) is 8.51. The molecule has 0 bridgehead atoms. The van der Waals surface area contributed by atoms with Crippen LogP contribution in [0.3, 0.4) is 0 Å². The van der Waals surface area contributed by atoms with Crippen molar-refractivity contribution in [3.05, 3.63) is 59.6 Å². The summed E-state index contributed by atoms with van der Waals surface area (Å²) in [5, 5.41) is 5.56. The van der Waals surface area contributed by atoms with Crippen LogP contribution in [0, 0.1) is 11.6 Å². The van der Waals surface area contributed by atoms with Crippen molar-refractivity contribution in [1.82, 2.24) is 9.97 Å². The number of halogens is 2. The van der Waals surface area contributed by atoms with Gasteiger partial charge in [0.2, 0.25) is 0 Å². The monoisotopic (exact) mass is 358 g/mol. The third-order valence-corrected chi connectivity index (χ3v) is 4.22. The maximum Gasteiger partial charge on any atom is 0.274 e. The molecule has 1 aromatic heterocycles. The number of carbonyl (C=O) groups excluding carboxylic acids is 1. The maximum atomic E-state index is 13.6. The first-order valence-corrected chi connectivity index (χ1v) is 8.62. The summed E-state index contributed by atoms with van der Waals surface area (Å²) in [7, 11) is 0. The molecule has 5 nitrogen and oxygen atoms in total. The lowest BCUT2D eigenvalue weighted by Crippen LogP contribution is -2.16. The van der Waals surface area contributed by atoms with Crippen LogP contribution in [0.4, 0.5) is 20.3 Å². The van der Waals surface area contributed by atoms with Gasteiger partial charge in [0, 0.05) is 18.7 Å². The van der Waals surface area contributed by atoms with Crippen LogP contribution in [0.15, 0.2) is 42.2 Å². The Morgan fingerprint density at radius 2 is 2.04 bits per heavy atom. The van der Waals surface area contributed by atoms with E-state index in [0.29, 0.717) is 11.9 Å². The van der Waals surface area contributed by atoms with Crippen LogP contribution in [-0.4, -0.2) is 22.4 Å². The zero-order chi connectivity index (χ0) is 18.4. The van der Waals surface area contributed by atoms with Crippen molar-refractivity contribution in [2.75, 3.05) is 17.2 Å². The van der Waals surface area contributed by atoms with Gasteiger partial charge >= 0.3 is 0 Å². The third kappa shape index (κ3) is 4.84. The second-order valence-electron chi connectivity index (χ2n) is 6.15. The van der Waals surface area contributed by atoms with Gasteiger partial charge in [-0.25, -0.2) is 18.7 Å². The average Bonchev–Trinajstić information content (AvgIpc) is 2.65. The van der Waals surface area contributed by atoms with Gasteiger partial charge in [-0.2, -0.15) is 0 Å². The fraction of sp³-hybridized carbons (Fsp3) is 0.316. The van der Waals surface area contributed by atoms with Crippen LogP contribution >= 0.6 is 0 Å². The predicted molar refractivity (Wildman–Crippen MR) is 96.0 cm³/mol. The van der Waals surface area contributed by atoms with E-state index in [1.807, 2.05) is 0 Å². The van der Waals surface area contributed by atoms with E-state index in [2.05, 4.69) is 26.7 Å². The molecule has 2 N–H and O–H groups in total. The van der Waals surface area contributed by atoms with Crippen LogP contribution in [0.5, 0.6) is 0 Å². The Balaban J connectivity index is 1.59. The van der Waals surface area contributed by atoms with Crippen molar-refractivity contribution in [2.24, 2.45) is 0 Å². The van der Waals surface area contributed by atoms with Crippen molar-refractivity contribution in [1.29, 1.82) is 0 Å². The van der Waals surface area contributed by atoms with Gasteiger partial charge < -0.3 is 10.6 Å². The lowest BCUT2D eigenvalue weighted by Gasteiger charge is -2.13. The van der Waals surface area contributed by atoms with Gasteiger partial charge in [0.25, 0.3) is 5.91 Å². The fourth-order valence-corrected chi connectivity index (χ4v) is 2.84. The Kier molecular flexibility index (Phi) is 5.88. The largest absolute Gasteiger partial charge is 0.370 e. The highest BCUT2D eigenvalue weighted by atomic mass is 19.1. The molecule has 0 atom stereocenters. The number of aromatic nitrogens is 2. The Morgan fingerprint density at radius 1 is 1.15 bits per heavy atom. The van der Waals surface area contributed by atoms with Gasteiger partial charge in [0.1, 0.15) is 29.5 Å². The van der Waals surface area contributed by atoms with E-state index < -0.39 is 17.5 Å². The standard InChI is InChI=1S/C19H20F2N4O/c20-14-6-7-16(15(21)10-14)25-19(26)17-11-18(24-12-23-17)22-9-8-13-4-2-1-3-5-13/h4,6-7,10-12H,1-3,5,8-9H2,(H,25,26)(H,22,23,24). The number of nitrogens with zero attached hydrogens (tertiary/aromatic N) is 2. The summed E-state index contributed by atoms with van der Waals surface area (Å²) in [4.78, 5) is 20.2. The average molecular weight is 358 g/mol. The molecule has 1 amide bonds. The van der Waals surface area contributed by atoms with Crippen LogP contribution in [0.25, 0.3) is 0 Å². The Bertz CT molecular complexity index is 823. The number of hydrogen-bond acceptors (Lipinski definition) is 4. The number of anilines is 2. The van der Waals surface area contributed by atoms with E-state index in [9.17, 15) is 13.6 Å². The molecular formula is C19H20F2N4O. The molecule has 7 heteroatoms. The number of rotatable bonds is 6. The summed E-state index contributed by atoms with van der Waals surface area (Å²) in [5.74, 6) is -1.61. The van der Waals surface area contributed by atoms with Crippen molar-refractivity contribution < 1.29 is 13.6 Å². The molecule has 0 saturated carbocycles. The highest BCUT2D eigenvalue weighted by Gasteiger charge is 2.12. The molecule has 0 spiro atoms. The fourth-order valence-electron chi connectivity index (χ4n) is 2.84. The lowest BCUT2D eigenvalue weighted by molar-refractivity contribution is 0.102. The van der Waals surface area contributed by atoms with Crippen molar-refractivity contribution in [3.8, 4) is 0 Å². The predicted octanol–water partition coefficient (Wildman–Crippen LogP) is 4.31. The SMILES string of the molecule is O=C(Nc1ccc(F)cc1F)c1cc(NCCC2=CCCCC2)ncn1. The molecule has 26 heavy (non-hydrogen) atoms. The summed E-state index contributed by atoms with van der Waals surface area (Å²) in [6, 6.07) is 4.46. The van der Waals surface area contributed by atoms with Crippen molar-refractivity contribution in [3.63, 3.8) is 0 Å². The van der Waals surface area contributed by atoms with E-state index in [1.165, 1.54) is 36.9 Å². The summed E-state index contributed by atoms with van der Waals surface area (Å²) < 4.78 is 26.6. The Labute approximate surface area is 150 Å². The van der Waals surface area contributed by atoms with E-state index in [4.69, 9.17) is 0 Å². The van der Waals surface area contributed by atoms with Crippen LogP contribution < -0.4 is 10.6 Å². The lowest BCUT2D eigenvalue weighted by atomic mass is 9.97. The van der Waals surface area contributed by atoms with Crippen molar-refractivity contribution >= 4 is 17.4 Å². The number of amides is 1. The number of benzene rings is 1. The minimum absolute atomic E-state index is 0.100. The topological polar surface area (TPSA) is 66.9 Å². The minimum Gasteiger partial charge on any atom is -0.370 e.